The molecule has 0 radical (unpaired) electrons. The van der Waals surface area contributed by atoms with Crippen molar-refractivity contribution < 1.29 is 9.59 Å². The first kappa shape index (κ1) is 16.4. The van der Waals surface area contributed by atoms with Crippen molar-refractivity contribution in [3.05, 3.63) is 0 Å². The van der Waals surface area contributed by atoms with Crippen LogP contribution in [0.5, 0.6) is 0 Å². The molecule has 4 bridgehead atoms. The van der Waals surface area contributed by atoms with E-state index >= 15 is 0 Å². The van der Waals surface area contributed by atoms with Gasteiger partial charge in [0.05, 0.1) is 5.41 Å². The molecule has 0 aromatic carbocycles. The zero-order chi connectivity index (χ0) is 16.9. The Morgan fingerprint density at radius 2 is 1.33 bits per heavy atom. The molecule has 0 spiro atoms. The van der Waals surface area contributed by atoms with Crippen LogP contribution in [0.15, 0.2) is 0 Å². The topological polar surface area (TPSA) is 40.6 Å². The average Bonchev–Trinajstić information content (AvgIpc) is 2.52. The molecular formula is C20H32N2O2. The minimum absolute atomic E-state index is 0.0289. The lowest BCUT2D eigenvalue weighted by Crippen LogP contribution is -2.58. The molecule has 2 amide bonds. The van der Waals surface area contributed by atoms with Crippen LogP contribution in [0.2, 0.25) is 0 Å². The third-order valence-corrected chi connectivity index (χ3v) is 6.99. The second kappa shape index (κ2) is 6.03. The predicted octanol–water partition coefficient (Wildman–Crippen LogP) is 2.92. The van der Waals surface area contributed by atoms with Gasteiger partial charge in [0.25, 0.3) is 0 Å². The standard InChI is InChI=1S/C20H32N2O2/c1-14(2)7-18(23)21-3-5-22(6-4-21)19(24)20-11-15-8-16(12-20)10-17(9-15)13-20/h14-17H,3-13H2,1-2H3. The molecule has 1 heterocycles. The van der Waals surface area contributed by atoms with Crippen LogP contribution in [-0.2, 0) is 9.59 Å². The molecule has 0 aromatic rings. The van der Waals surface area contributed by atoms with Gasteiger partial charge in [0, 0.05) is 32.6 Å². The Kier molecular flexibility index (Phi) is 4.12. The smallest absolute Gasteiger partial charge is 0.228 e. The lowest BCUT2D eigenvalue weighted by atomic mass is 9.49. The number of piperazine rings is 1. The van der Waals surface area contributed by atoms with Crippen LogP contribution in [0.1, 0.15) is 58.8 Å². The number of amides is 2. The molecule has 5 rings (SSSR count). The fourth-order valence-electron chi connectivity index (χ4n) is 6.35. The molecule has 5 fully saturated rings. The van der Waals surface area contributed by atoms with Crippen LogP contribution in [-0.4, -0.2) is 47.8 Å². The van der Waals surface area contributed by atoms with E-state index in [2.05, 4.69) is 18.7 Å². The third kappa shape index (κ3) is 2.86. The van der Waals surface area contributed by atoms with Crippen molar-refractivity contribution in [1.29, 1.82) is 0 Å². The molecule has 4 heteroatoms. The summed E-state index contributed by atoms with van der Waals surface area (Å²) in [6.07, 6.45) is 8.19. The largest absolute Gasteiger partial charge is 0.339 e. The van der Waals surface area contributed by atoms with E-state index in [0.29, 0.717) is 18.2 Å². The summed E-state index contributed by atoms with van der Waals surface area (Å²) < 4.78 is 0. The minimum atomic E-state index is -0.0289. The average molecular weight is 332 g/mol. The summed E-state index contributed by atoms with van der Waals surface area (Å²) in [5, 5.41) is 0. The highest BCUT2D eigenvalue weighted by atomic mass is 16.2. The van der Waals surface area contributed by atoms with Crippen molar-refractivity contribution in [2.75, 3.05) is 26.2 Å². The lowest BCUT2D eigenvalue weighted by Gasteiger charge is -2.57. The van der Waals surface area contributed by atoms with E-state index < -0.39 is 0 Å². The highest BCUT2D eigenvalue weighted by Gasteiger charge is 2.55. The molecule has 4 saturated carbocycles. The molecule has 1 saturated heterocycles. The highest BCUT2D eigenvalue weighted by molar-refractivity contribution is 5.84. The summed E-state index contributed by atoms with van der Waals surface area (Å²) in [5.74, 6) is 3.53. The van der Waals surface area contributed by atoms with Crippen LogP contribution in [0.3, 0.4) is 0 Å². The van der Waals surface area contributed by atoms with Crippen LogP contribution in [0, 0.1) is 29.1 Å². The van der Waals surface area contributed by atoms with Gasteiger partial charge in [-0.25, -0.2) is 0 Å². The van der Waals surface area contributed by atoms with Gasteiger partial charge in [0.1, 0.15) is 0 Å². The Balaban J connectivity index is 1.38. The minimum Gasteiger partial charge on any atom is -0.339 e. The van der Waals surface area contributed by atoms with E-state index in [1.807, 2.05) is 4.90 Å². The normalized spacial score (nSPS) is 38.0. The monoisotopic (exact) mass is 332 g/mol. The molecule has 0 unspecified atom stereocenters. The first-order valence-corrected chi connectivity index (χ1v) is 10.0. The van der Waals surface area contributed by atoms with Gasteiger partial charge in [0.15, 0.2) is 0 Å². The Bertz CT molecular complexity index is 484. The summed E-state index contributed by atoms with van der Waals surface area (Å²) in [4.78, 5) is 29.6. The van der Waals surface area contributed by atoms with E-state index in [0.717, 1.165) is 63.2 Å². The van der Waals surface area contributed by atoms with Crippen LogP contribution in [0.25, 0.3) is 0 Å². The summed E-state index contributed by atoms with van der Waals surface area (Å²) in [7, 11) is 0. The van der Waals surface area contributed by atoms with Crippen molar-refractivity contribution >= 4 is 11.8 Å². The first-order chi connectivity index (χ1) is 11.4. The Labute approximate surface area is 145 Å². The van der Waals surface area contributed by atoms with Crippen molar-refractivity contribution in [3.63, 3.8) is 0 Å². The Morgan fingerprint density at radius 3 is 1.79 bits per heavy atom. The Morgan fingerprint density at radius 1 is 0.875 bits per heavy atom. The summed E-state index contributed by atoms with van der Waals surface area (Å²) in [5.41, 5.74) is -0.0289. The van der Waals surface area contributed by atoms with Crippen LogP contribution < -0.4 is 0 Å². The van der Waals surface area contributed by atoms with Gasteiger partial charge >= 0.3 is 0 Å². The zero-order valence-corrected chi connectivity index (χ0v) is 15.3. The van der Waals surface area contributed by atoms with Crippen molar-refractivity contribution in [2.45, 2.75) is 58.8 Å². The number of carbonyl (C=O) groups excluding carboxylic acids is 2. The summed E-state index contributed by atoms with van der Waals surface area (Å²) in [6.45, 7) is 7.11. The van der Waals surface area contributed by atoms with Gasteiger partial charge in [-0.2, -0.15) is 0 Å². The zero-order valence-electron chi connectivity index (χ0n) is 15.3. The van der Waals surface area contributed by atoms with Crippen molar-refractivity contribution in [2.24, 2.45) is 29.1 Å². The fourth-order valence-corrected chi connectivity index (χ4v) is 6.35. The summed E-state index contributed by atoms with van der Waals surface area (Å²) in [6, 6.07) is 0. The maximum absolute atomic E-state index is 13.3. The number of carbonyl (C=O) groups is 2. The van der Waals surface area contributed by atoms with Crippen LogP contribution >= 0.6 is 0 Å². The maximum atomic E-state index is 13.3. The van der Waals surface area contributed by atoms with Gasteiger partial charge in [-0.1, -0.05) is 13.8 Å². The highest BCUT2D eigenvalue weighted by Crippen LogP contribution is 2.60. The molecule has 4 nitrogen and oxygen atoms in total. The molecule has 0 aromatic heterocycles. The molecular weight excluding hydrogens is 300 g/mol. The van der Waals surface area contributed by atoms with Crippen molar-refractivity contribution in [3.8, 4) is 0 Å². The SMILES string of the molecule is CC(C)CC(=O)N1CCN(C(=O)C23CC4CC(CC(C4)C2)C3)CC1. The fraction of sp³-hybridized carbons (Fsp3) is 0.900. The summed E-state index contributed by atoms with van der Waals surface area (Å²) >= 11 is 0. The second-order valence-corrected chi connectivity index (χ2v) is 9.47. The van der Waals surface area contributed by atoms with Gasteiger partial charge in [-0.3, -0.25) is 9.59 Å². The maximum Gasteiger partial charge on any atom is 0.228 e. The van der Waals surface area contributed by atoms with Gasteiger partial charge < -0.3 is 9.80 Å². The van der Waals surface area contributed by atoms with E-state index in [1.54, 1.807) is 0 Å². The number of hydrogen-bond donors (Lipinski definition) is 0. The van der Waals surface area contributed by atoms with E-state index in [1.165, 1.54) is 19.3 Å². The number of nitrogens with zero attached hydrogens (tertiary/aromatic N) is 2. The molecule has 5 aliphatic rings. The van der Waals surface area contributed by atoms with Crippen LogP contribution in [0.4, 0.5) is 0 Å². The lowest BCUT2D eigenvalue weighted by molar-refractivity contribution is -0.160. The third-order valence-electron chi connectivity index (χ3n) is 6.99. The molecule has 24 heavy (non-hydrogen) atoms. The first-order valence-electron chi connectivity index (χ1n) is 10.0. The molecule has 0 atom stereocenters. The molecule has 134 valence electrons. The number of rotatable bonds is 3. The predicted molar refractivity (Wildman–Crippen MR) is 93.2 cm³/mol. The van der Waals surface area contributed by atoms with Crippen molar-refractivity contribution in [1.82, 2.24) is 9.80 Å². The van der Waals surface area contributed by atoms with E-state index in [4.69, 9.17) is 0 Å². The van der Waals surface area contributed by atoms with E-state index in [-0.39, 0.29) is 11.3 Å². The molecule has 0 N–H and O–H groups in total. The Hall–Kier alpha value is -1.06. The quantitative estimate of drug-likeness (QED) is 0.797. The molecule has 1 aliphatic heterocycles. The van der Waals surface area contributed by atoms with E-state index in [9.17, 15) is 9.59 Å². The molecule has 4 aliphatic carbocycles. The van der Waals surface area contributed by atoms with Gasteiger partial charge in [-0.05, 0) is 62.2 Å². The second-order valence-electron chi connectivity index (χ2n) is 9.47. The van der Waals surface area contributed by atoms with Gasteiger partial charge in [0.2, 0.25) is 11.8 Å². The number of hydrogen-bond acceptors (Lipinski definition) is 2. The van der Waals surface area contributed by atoms with Gasteiger partial charge in [-0.15, -0.1) is 0 Å².